The summed E-state index contributed by atoms with van der Waals surface area (Å²) in [7, 11) is 0. The van der Waals surface area contributed by atoms with E-state index in [1.165, 1.54) is 0 Å². The largest absolute Gasteiger partial charge is 0.345 e. The molecule has 0 spiro atoms. The zero-order valence-corrected chi connectivity index (χ0v) is 13.1. The summed E-state index contributed by atoms with van der Waals surface area (Å²) in [5.74, 6) is 0.285. The SMILES string of the molecule is CC(C)CC(NC(=O)[C@@H](N)C(C)C)C(=O)[C@@H]1CCCN1. The molecule has 1 rings (SSSR count). The first-order chi connectivity index (χ1) is 9.32. The van der Waals surface area contributed by atoms with E-state index in [2.05, 4.69) is 24.5 Å². The van der Waals surface area contributed by atoms with Crippen molar-refractivity contribution in [3.63, 3.8) is 0 Å². The molecule has 1 amide bonds. The molecule has 116 valence electrons. The maximum atomic E-state index is 12.5. The van der Waals surface area contributed by atoms with Crippen LogP contribution in [0.25, 0.3) is 0 Å². The van der Waals surface area contributed by atoms with Crippen molar-refractivity contribution in [2.75, 3.05) is 6.54 Å². The minimum atomic E-state index is -0.561. The third-order valence-corrected chi connectivity index (χ3v) is 3.79. The molecule has 1 aliphatic heterocycles. The van der Waals surface area contributed by atoms with Crippen LogP contribution in [0.1, 0.15) is 47.0 Å². The molecule has 0 aliphatic carbocycles. The van der Waals surface area contributed by atoms with E-state index in [4.69, 9.17) is 5.73 Å². The van der Waals surface area contributed by atoms with Gasteiger partial charge in [0, 0.05) is 0 Å². The van der Waals surface area contributed by atoms with Gasteiger partial charge in [0.1, 0.15) is 0 Å². The van der Waals surface area contributed by atoms with E-state index in [1.807, 2.05) is 13.8 Å². The Labute approximate surface area is 122 Å². The average molecular weight is 283 g/mol. The Morgan fingerprint density at radius 2 is 1.95 bits per heavy atom. The topological polar surface area (TPSA) is 84.2 Å². The van der Waals surface area contributed by atoms with Crippen LogP contribution < -0.4 is 16.4 Å². The molecule has 1 heterocycles. The van der Waals surface area contributed by atoms with Gasteiger partial charge in [-0.15, -0.1) is 0 Å². The van der Waals surface area contributed by atoms with Gasteiger partial charge in [0.2, 0.25) is 5.91 Å². The Bertz CT molecular complexity index is 336. The molecule has 1 saturated heterocycles. The monoisotopic (exact) mass is 283 g/mol. The molecule has 0 aromatic carbocycles. The fourth-order valence-electron chi connectivity index (χ4n) is 2.46. The predicted molar refractivity (Wildman–Crippen MR) is 80.2 cm³/mol. The zero-order valence-electron chi connectivity index (χ0n) is 13.1. The van der Waals surface area contributed by atoms with Crippen LogP contribution in [0.3, 0.4) is 0 Å². The van der Waals surface area contributed by atoms with Gasteiger partial charge in [-0.2, -0.15) is 0 Å². The maximum Gasteiger partial charge on any atom is 0.237 e. The van der Waals surface area contributed by atoms with Crippen molar-refractivity contribution in [2.45, 2.75) is 65.1 Å². The van der Waals surface area contributed by atoms with Crippen LogP contribution in [0.4, 0.5) is 0 Å². The summed E-state index contributed by atoms with van der Waals surface area (Å²) >= 11 is 0. The predicted octanol–water partition coefficient (Wildman–Crippen LogP) is 0.822. The smallest absolute Gasteiger partial charge is 0.237 e. The molecule has 5 heteroatoms. The average Bonchev–Trinajstić information content (AvgIpc) is 2.89. The van der Waals surface area contributed by atoms with E-state index in [-0.39, 0.29) is 23.7 Å². The second-order valence-electron chi connectivity index (χ2n) is 6.51. The highest BCUT2D eigenvalue weighted by molar-refractivity contribution is 5.94. The lowest BCUT2D eigenvalue weighted by Gasteiger charge is -2.25. The molecule has 1 fully saturated rings. The van der Waals surface area contributed by atoms with E-state index in [9.17, 15) is 9.59 Å². The van der Waals surface area contributed by atoms with Crippen molar-refractivity contribution in [1.82, 2.24) is 10.6 Å². The molecule has 3 atom stereocenters. The quantitative estimate of drug-likeness (QED) is 0.646. The van der Waals surface area contributed by atoms with Crippen molar-refractivity contribution in [2.24, 2.45) is 17.6 Å². The molecular formula is C15H29N3O2. The first kappa shape index (κ1) is 17.1. The number of hydrogen-bond donors (Lipinski definition) is 3. The Kier molecular flexibility index (Phi) is 6.62. The number of carbonyl (C=O) groups excluding carboxylic acids is 2. The fourth-order valence-corrected chi connectivity index (χ4v) is 2.46. The van der Waals surface area contributed by atoms with Crippen LogP contribution in [-0.2, 0) is 9.59 Å². The van der Waals surface area contributed by atoms with Crippen LogP contribution in [-0.4, -0.2) is 36.4 Å². The van der Waals surface area contributed by atoms with E-state index < -0.39 is 12.1 Å². The Hall–Kier alpha value is -0.940. The normalized spacial score (nSPS) is 22.1. The van der Waals surface area contributed by atoms with Crippen molar-refractivity contribution >= 4 is 11.7 Å². The highest BCUT2D eigenvalue weighted by Gasteiger charge is 2.31. The highest BCUT2D eigenvalue weighted by atomic mass is 16.2. The summed E-state index contributed by atoms with van der Waals surface area (Å²) in [5.41, 5.74) is 5.85. The second kappa shape index (κ2) is 7.74. The van der Waals surface area contributed by atoms with Crippen LogP contribution in [0.15, 0.2) is 0 Å². The van der Waals surface area contributed by atoms with Crippen LogP contribution in [0.2, 0.25) is 0 Å². The minimum Gasteiger partial charge on any atom is -0.345 e. The van der Waals surface area contributed by atoms with E-state index in [0.717, 1.165) is 19.4 Å². The van der Waals surface area contributed by atoms with Gasteiger partial charge < -0.3 is 16.4 Å². The standard InChI is InChI=1S/C15H29N3O2/c1-9(2)8-12(14(19)11-6-5-7-17-11)18-15(20)13(16)10(3)4/h9-13,17H,5-8,16H2,1-4H3,(H,18,20)/t11-,12?,13-/m0/s1. The molecule has 20 heavy (non-hydrogen) atoms. The molecule has 5 nitrogen and oxygen atoms in total. The lowest BCUT2D eigenvalue weighted by Crippen LogP contribution is -2.53. The lowest BCUT2D eigenvalue weighted by molar-refractivity contribution is -0.130. The molecule has 0 saturated carbocycles. The van der Waals surface area contributed by atoms with Crippen LogP contribution in [0, 0.1) is 11.8 Å². The number of amides is 1. The Morgan fingerprint density at radius 1 is 1.30 bits per heavy atom. The molecule has 0 bridgehead atoms. The van der Waals surface area contributed by atoms with E-state index in [0.29, 0.717) is 12.3 Å². The highest BCUT2D eigenvalue weighted by Crippen LogP contribution is 2.13. The minimum absolute atomic E-state index is 0.0643. The van der Waals surface area contributed by atoms with Gasteiger partial charge >= 0.3 is 0 Å². The summed E-state index contributed by atoms with van der Waals surface area (Å²) in [5, 5.41) is 6.06. The number of nitrogens with one attached hydrogen (secondary N) is 2. The number of ketones is 1. The molecule has 0 aromatic heterocycles. The molecule has 4 N–H and O–H groups in total. The van der Waals surface area contributed by atoms with Gasteiger partial charge in [0.05, 0.1) is 18.1 Å². The number of Topliss-reactive ketones (excluding diaryl/α,β-unsaturated/α-hetero) is 1. The fraction of sp³-hybridized carbons (Fsp3) is 0.867. The van der Waals surface area contributed by atoms with Crippen LogP contribution >= 0.6 is 0 Å². The third-order valence-electron chi connectivity index (χ3n) is 3.79. The molecule has 1 aliphatic rings. The van der Waals surface area contributed by atoms with Crippen molar-refractivity contribution < 1.29 is 9.59 Å². The van der Waals surface area contributed by atoms with E-state index in [1.54, 1.807) is 0 Å². The Balaban J connectivity index is 2.68. The molecule has 1 unspecified atom stereocenters. The Morgan fingerprint density at radius 3 is 2.40 bits per heavy atom. The van der Waals surface area contributed by atoms with Crippen LogP contribution in [0.5, 0.6) is 0 Å². The zero-order chi connectivity index (χ0) is 15.3. The van der Waals surface area contributed by atoms with Crippen molar-refractivity contribution in [3.05, 3.63) is 0 Å². The summed E-state index contributed by atoms with van der Waals surface area (Å²) in [4.78, 5) is 24.6. The van der Waals surface area contributed by atoms with E-state index >= 15 is 0 Å². The third kappa shape index (κ3) is 4.87. The lowest BCUT2D eigenvalue weighted by atomic mass is 9.94. The summed E-state index contributed by atoms with van der Waals surface area (Å²) in [6.45, 7) is 8.79. The molecule has 0 radical (unpaired) electrons. The summed E-state index contributed by atoms with van der Waals surface area (Å²) in [6.07, 6.45) is 2.54. The molecule has 0 aromatic rings. The maximum absolute atomic E-state index is 12.5. The molecular weight excluding hydrogens is 254 g/mol. The van der Waals surface area contributed by atoms with Gasteiger partial charge in [-0.1, -0.05) is 27.7 Å². The number of rotatable bonds is 7. The first-order valence-corrected chi connectivity index (χ1v) is 7.66. The number of hydrogen-bond acceptors (Lipinski definition) is 4. The summed E-state index contributed by atoms with van der Waals surface area (Å²) < 4.78 is 0. The number of nitrogens with two attached hydrogens (primary N) is 1. The van der Waals surface area contributed by atoms with Crippen molar-refractivity contribution in [1.29, 1.82) is 0 Å². The van der Waals surface area contributed by atoms with Crippen molar-refractivity contribution in [3.8, 4) is 0 Å². The van der Waals surface area contributed by atoms with Gasteiger partial charge in [-0.3, -0.25) is 9.59 Å². The van der Waals surface area contributed by atoms with Gasteiger partial charge in [0.15, 0.2) is 5.78 Å². The first-order valence-electron chi connectivity index (χ1n) is 7.66. The second-order valence-corrected chi connectivity index (χ2v) is 6.51. The number of carbonyl (C=O) groups is 2. The van der Waals surface area contributed by atoms with Gasteiger partial charge in [-0.05, 0) is 37.6 Å². The van der Waals surface area contributed by atoms with Gasteiger partial charge in [0.25, 0.3) is 0 Å². The van der Waals surface area contributed by atoms with Gasteiger partial charge in [-0.25, -0.2) is 0 Å². The summed E-state index contributed by atoms with van der Waals surface area (Å²) in [6, 6.07) is -1.11.